The van der Waals surface area contributed by atoms with E-state index in [-0.39, 0.29) is 5.78 Å². The quantitative estimate of drug-likeness (QED) is 0.810. The third-order valence-corrected chi connectivity index (χ3v) is 4.29. The summed E-state index contributed by atoms with van der Waals surface area (Å²) < 4.78 is 10.9. The van der Waals surface area contributed by atoms with Gasteiger partial charge in [0.15, 0.2) is 6.10 Å². The van der Waals surface area contributed by atoms with Gasteiger partial charge in [-0.25, -0.2) is 0 Å². The molecule has 0 bridgehead atoms. The highest BCUT2D eigenvalue weighted by atomic mass is 32.2. The van der Waals surface area contributed by atoms with Gasteiger partial charge in [-0.15, -0.1) is 11.8 Å². The first kappa shape index (κ1) is 13.1. The minimum atomic E-state index is -0.428. The van der Waals surface area contributed by atoms with Crippen molar-refractivity contribution in [1.29, 1.82) is 0 Å². The van der Waals surface area contributed by atoms with Crippen LogP contribution in [0.2, 0.25) is 0 Å². The van der Waals surface area contributed by atoms with Gasteiger partial charge in [-0.2, -0.15) is 0 Å². The van der Waals surface area contributed by atoms with Gasteiger partial charge in [0.2, 0.25) is 5.78 Å². The standard InChI is InChI=1S/C16H14O3S/c1-18-12-8-6-11(7-9-12)16(17)14-10-20-15-5-3-2-4-13(15)19-14/h2-9,14H,10H2,1H3. The molecule has 0 saturated heterocycles. The summed E-state index contributed by atoms with van der Waals surface area (Å²) >= 11 is 1.66. The Kier molecular flexibility index (Phi) is 3.65. The lowest BCUT2D eigenvalue weighted by molar-refractivity contribution is 0.0815. The van der Waals surface area contributed by atoms with Crippen molar-refractivity contribution in [3.63, 3.8) is 0 Å². The van der Waals surface area contributed by atoms with Crippen LogP contribution in [0.1, 0.15) is 10.4 Å². The number of rotatable bonds is 3. The average molecular weight is 286 g/mol. The Bertz CT molecular complexity index is 622. The van der Waals surface area contributed by atoms with E-state index in [0.717, 1.165) is 16.4 Å². The average Bonchev–Trinajstić information content (AvgIpc) is 2.54. The molecule has 1 unspecified atom stereocenters. The number of thioether (sulfide) groups is 1. The molecule has 0 N–H and O–H groups in total. The van der Waals surface area contributed by atoms with Crippen LogP contribution in [0, 0.1) is 0 Å². The maximum absolute atomic E-state index is 12.4. The fourth-order valence-electron chi connectivity index (χ4n) is 2.09. The lowest BCUT2D eigenvalue weighted by atomic mass is 10.1. The van der Waals surface area contributed by atoms with Crippen molar-refractivity contribution >= 4 is 17.5 Å². The largest absolute Gasteiger partial charge is 0.497 e. The van der Waals surface area contributed by atoms with E-state index in [9.17, 15) is 4.79 Å². The second kappa shape index (κ2) is 5.59. The molecule has 1 heterocycles. The molecule has 20 heavy (non-hydrogen) atoms. The van der Waals surface area contributed by atoms with Gasteiger partial charge in [0, 0.05) is 16.2 Å². The number of hydrogen-bond donors (Lipinski definition) is 0. The van der Waals surface area contributed by atoms with E-state index in [4.69, 9.17) is 9.47 Å². The zero-order chi connectivity index (χ0) is 13.9. The minimum absolute atomic E-state index is 0.00894. The van der Waals surface area contributed by atoms with E-state index in [2.05, 4.69) is 0 Å². The molecule has 2 aromatic rings. The number of ether oxygens (including phenoxy) is 2. The summed E-state index contributed by atoms with van der Waals surface area (Å²) in [4.78, 5) is 13.5. The van der Waals surface area contributed by atoms with Gasteiger partial charge >= 0.3 is 0 Å². The zero-order valence-corrected chi connectivity index (χ0v) is 11.9. The van der Waals surface area contributed by atoms with Gasteiger partial charge in [0.25, 0.3) is 0 Å². The number of fused-ring (bicyclic) bond motifs is 1. The van der Waals surface area contributed by atoms with Crippen LogP contribution in [0.3, 0.4) is 0 Å². The van der Waals surface area contributed by atoms with Crippen molar-refractivity contribution in [3.8, 4) is 11.5 Å². The van der Waals surface area contributed by atoms with Crippen LogP contribution in [-0.2, 0) is 0 Å². The number of carbonyl (C=O) groups is 1. The molecule has 3 rings (SSSR count). The number of carbonyl (C=O) groups excluding carboxylic acids is 1. The molecular formula is C16H14O3S. The number of benzene rings is 2. The molecule has 2 aromatic carbocycles. The van der Waals surface area contributed by atoms with Gasteiger partial charge in [-0.05, 0) is 36.4 Å². The molecule has 0 radical (unpaired) electrons. The van der Waals surface area contributed by atoms with Crippen LogP contribution in [-0.4, -0.2) is 24.7 Å². The van der Waals surface area contributed by atoms with Crippen molar-refractivity contribution in [1.82, 2.24) is 0 Å². The minimum Gasteiger partial charge on any atom is -0.497 e. The molecule has 1 aliphatic rings. The third-order valence-electron chi connectivity index (χ3n) is 3.18. The van der Waals surface area contributed by atoms with Crippen molar-refractivity contribution in [3.05, 3.63) is 54.1 Å². The Hall–Kier alpha value is -1.94. The van der Waals surface area contributed by atoms with E-state index in [1.165, 1.54) is 0 Å². The van der Waals surface area contributed by atoms with Crippen LogP contribution in [0.25, 0.3) is 0 Å². The molecule has 0 aliphatic carbocycles. The molecule has 0 spiro atoms. The Morgan fingerprint density at radius 3 is 2.70 bits per heavy atom. The molecule has 0 amide bonds. The molecule has 0 aromatic heterocycles. The highest BCUT2D eigenvalue weighted by Gasteiger charge is 2.27. The monoisotopic (exact) mass is 286 g/mol. The summed E-state index contributed by atoms with van der Waals surface area (Å²) in [5.41, 5.74) is 0.649. The van der Waals surface area contributed by atoms with Crippen LogP contribution in [0.15, 0.2) is 53.4 Å². The normalized spacial score (nSPS) is 16.9. The number of para-hydroxylation sites is 1. The molecular weight excluding hydrogens is 272 g/mol. The lowest BCUT2D eigenvalue weighted by Crippen LogP contribution is -2.32. The number of Topliss-reactive ketones (excluding diaryl/α,β-unsaturated/α-hetero) is 1. The van der Waals surface area contributed by atoms with Crippen LogP contribution < -0.4 is 9.47 Å². The first-order valence-electron chi connectivity index (χ1n) is 6.34. The first-order chi connectivity index (χ1) is 9.78. The van der Waals surface area contributed by atoms with Crippen molar-refractivity contribution < 1.29 is 14.3 Å². The Balaban J connectivity index is 1.78. The third kappa shape index (κ3) is 2.51. The van der Waals surface area contributed by atoms with Gasteiger partial charge in [0.1, 0.15) is 11.5 Å². The second-order valence-corrected chi connectivity index (χ2v) is 5.52. The van der Waals surface area contributed by atoms with E-state index >= 15 is 0 Å². The predicted molar refractivity (Wildman–Crippen MR) is 78.9 cm³/mol. The number of hydrogen-bond acceptors (Lipinski definition) is 4. The Morgan fingerprint density at radius 2 is 1.95 bits per heavy atom. The SMILES string of the molecule is COc1ccc(C(=O)C2CSc3ccccc3O2)cc1. The highest BCUT2D eigenvalue weighted by Crippen LogP contribution is 2.35. The van der Waals surface area contributed by atoms with Gasteiger partial charge in [-0.3, -0.25) is 4.79 Å². The molecule has 102 valence electrons. The van der Waals surface area contributed by atoms with Crippen molar-refractivity contribution in [2.24, 2.45) is 0 Å². The first-order valence-corrected chi connectivity index (χ1v) is 7.33. The summed E-state index contributed by atoms with van der Waals surface area (Å²) in [6.45, 7) is 0. The van der Waals surface area contributed by atoms with E-state index < -0.39 is 6.10 Å². The molecule has 4 heteroatoms. The van der Waals surface area contributed by atoms with Crippen molar-refractivity contribution in [2.75, 3.05) is 12.9 Å². The van der Waals surface area contributed by atoms with Crippen molar-refractivity contribution in [2.45, 2.75) is 11.0 Å². The highest BCUT2D eigenvalue weighted by molar-refractivity contribution is 7.99. The van der Waals surface area contributed by atoms with Gasteiger partial charge in [0.05, 0.1) is 7.11 Å². The summed E-state index contributed by atoms with van der Waals surface area (Å²) in [7, 11) is 1.61. The Labute approximate surface area is 121 Å². The van der Waals surface area contributed by atoms with Crippen LogP contribution in [0.4, 0.5) is 0 Å². The zero-order valence-electron chi connectivity index (χ0n) is 11.0. The maximum Gasteiger partial charge on any atom is 0.204 e. The topological polar surface area (TPSA) is 35.5 Å². The molecule has 0 saturated carbocycles. The molecule has 0 fully saturated rings. The summed E-state index contributed by atoms with van der Waals surface area (Å²) in [6.07, 6.45) is -0.428. The Morgan fingerprint density at radius 1 is 1.20 bits per heavy atom. The lowest BCUT2D eigenvalue weighted by Gasteiger charge is -2.24. The van der Waals surface area contributed by atoms with Crippen LogP contribution >= 0.6 is 11.8 Å². The number of ketones is 1. The van der Waals surface area contributed by atoms with E-state index in [1.807, 2.05) is 24.3 Å². The van der Waals surface area contributed by atoms with Gasteiger partial charge < -0.3 is 9.47 Å². The summed E-state index contributed by atoms with van der Waals surface area (Å²) in [5.74, 6) is 2.18. The van der Waals surface area contributed by atoms with Gasteiger partial charge in [-0.1, -0.05) is 12.1 Å². The molecule has 1 atom stereocenters. The second-order valence-electron chi connectivity index (χ2n) is 4.46. The molecule has 1 aliphatic heterocycles. The van der Waals surface area contributed by atoms with Crippen LogP contribution in [0.5, 0.6) is 11.5 Å². The number of methoxy groups -OCH3 is 1. The van der Waals surface area contributed by atoms with E-state index in [0.29, 0.717) is 11.3 Å². The smallest absolute Gasteiger partial charge is 0.204 e. The fourth-order valence-corrected chi connectivity index (χ4v) is 3.07. The summed E-state index contributed by atoms with van der Waals surface area (Å²) in [5, 5.41) is 0. The van der Waals surface area contributed by atoms with E-state index in [1.54, 1.807) is 43.1 Å². The summed E-state index contributed by atoms with van der Waals surface area (Å²) in [6, 6.07) is 14.9. The fraction of sp³-hybridized carbons (Fsp3) is 0.188. The predicted octanol–water partition coefficient (Wildman–Crippen LogP) is 3.43. The molecule has 3 nitrogen and oxygen atoms in total. The maximum atomic E-state index is 12.4.